The number of halogens is 1. The summed E-state index contributed by atoms with van der Waals surface area (Å²) < 4.78 is 14.7. The van der Waals surface area contributed by atoms with Crippen molar-refractivity contribution >= 4 is 5.52 Å². The summed E-state index contributed by atoms with van der Waals surface area (Å²) in [6.07, 6.45) is 5.16. The first-order valence-electron chi connectivity index (χ1n) is 5.21. The van der Waals surface area contributed by atoms with Crippen molar-refractivity contribution in [2.24, 2.45) is 5.73 Å². The van der Waals surface area contributed by atoms with E-state index in [4.69, 9.17) is 5.73 Å². The van der Waals surface area contributed by atoms with E-state index in [1.165, 1.54) is 17.8 Å². The highest BCUT2D eigenvalue weighted by molar-refractivity contribution is 5.55. The number of pyridine rings is 1. The van der Waals surface area contributed by atoms with Gasteiger partial charge >= 0.3 is 0 Å². The summed E-state index contributed by atoms with van der Waals surface area (Å²) in [7, 11) is 0. The van der Waals surface area contributed by atoms with Gasteiger partial charge in [-0.15, -0.1) is 0 Å². The Morgan fingerprint density at radius 2 is 2.20 bits per heavy atom. The van der Waals surface area contributed by atoms with Crippen LogP contribution in [0.1, 0.15) is 18.9 Å². The minimum absolute atomic E-state index is 0.182. The number of aromatic nitrogens is 1. The first kappa shape index (κ1) is 10.2. The Morgan fingerprint density at radius 1 is 1.40 bits per heavy atom. The summed E-state index contributed by atoms with van der Waals surface area (Å²) in [5.74, 6) is -0.218. The summed E-state index contributed by atoms with van der Waals surface area (Å²) in [6.45, 7) is 2.07. The smallest absolute Gasteiger partial charge is 0.139 e. The van der Waals surface area contributed by atoms with Crippen LogP contribution in [-0.4, -0.2) is 10.4 Å². The molecule has 0 aliphatic heterocycles. The van der Waals surface area contributed by atoms with Gasteiger partial charge in [-0.05, 0) is 36.6 Å². The zero-order valence-corrected chi connectivity index (χ0v) is 8.78. The molecule has 2 aromatic rings. The van der Waals surface area contributed by atoms with Crippen molar-refractivity contribution in [3.05, 3.63) is 42.0 Å². The van der Waals surface area contributed by atoms with Gasteiger partial charge in [-0.2, -0.15) is 0 Å². The topological polar surface area (TPSA) is 30.4 Å². The average Bonchev–Trinajstić information content (AvgIpc) is 2.60. The first-order chi connectivity index (χ1) is 7.20. The summed E-state index contributed by atoms with van der Waals surface area (Å²) in [4.78, 5) is 0. The third-order valence-corrected chi connectivity index (χ3v) is 2.71. The first-order valence-corrected chi connectivity index (χ1v) is 5.21. The average molecular weight is 206 g/mol. The Bertz CT molecular complexity index is 462. The van der Waals surface area contributed by atoms with Crippen molar-refractivity contribution in [3.8, 4) is 0 Å². The van der Waals surface area contributed by atoms with E-state index in [0.29, 0.717) is 0 Å². The highest BCUT2D eigenvalue weighted by Crippen LogP contribution is 2.15. The van der Waals surface area contributed by atoms with E-state index < -0.39 is 0 Å². The maximum atomic E-state index is 12.9. The zero-order chi connectivity index (χ0) is 10.8. The molecular formula is C12H15FN2. The van der Waals surface area contributed by atoms with Gasteiger partial charge in [0, 0.05) is 24.0 Å². The van der Waals surface area contributed by atoms with Crippen LogP contribution in [0.5, 0.6) is 0 Å². The fraction of sp³-hybridized carbons (Fsp3) is 0.333. The fourth-order valence-corrected chi connectivity index (χ4v) is 1.74. The molecule has 15 heavy (non-hydrogen) atoms. The molecule has 80 valence electrons. The van der Waals surface area contributed by atoms with E-state index in [2.05, 4.69) is 6.92 Å². The van der Waals surface area contributed by atoms with Gasteiger partial charge in [0.25, 0.3) is 0 Å². The van der Waals surface area contributed by atoms with E-state index in [0.717, 1.165) is 18.4 Å². The van der Waals surface area contributed by atoms with Gasteiger partial charge in [0.2, 0.25) is 0 Å². The molecule has 0 spiro atoms. The quantitative estimate of drug-likeness (QED) is 0.821. The van der Waals surface area contributed by atoms with E-state index in [1.54, 1.807) is 10.5 Å². The predicted octanol–water partition coefficient (Wildman–Crippen LogP) is 2.36. The zero-order valence-electron chi connectivity index (χ0n) is 8.78. The van der Waals surface area contributed by atoms with Gasteiger partial charge < -0.3 is 10.1 Å². The standard InChI is InChI=1S/C12H15FN2/c1-2-11(14)7-9-5-6-15-8-10(13)3-4-12(9)15/h3-6,8,11H,2,7,14H2,1H3. The number of nitrogens with two attached hydrogens (primary N) is 1. The summed E-state index contributed by atoms with van der Waals surface area (Å²) in [6, 6.07) is 5.47. The minimum Gasteiger partial charge on any atom is -0.327 e. The molecule has 0 bridgehead atoms. The molecule has 2 heterocycles. The van der Waals surface area contributed by atoms with E-state index in [9.17, 15) is 4.39 Å². The monoisotopic (exact) mass is 206 g/mol. The molecule has 1 atom stereocenters. The number of fused-ring (bicyclic) bond motifs is 1. The van der Waals surface area contributed by atoms with Gasteiger partial charge in [0.1, 0.15) is 5.82 Å². The van der Waals surface area contributed by atoms with Crippen LogP contribution in [0.15, 0.2) is 30.6 Å². The van der Waals surface area contributed by atoms with Gasteiger partial charge in [0.05, 0.1) is 0 Å². The molecule has 0 aliphatic rings. The molecule has 0 aromatic carbocycles. The van der Waals surface area contributed by atoms with E-state index in [-0.39, 0.29) is 11.9 Å². The normalized spacial score (nSPS) is 13.3. The second kappa shape index (κ2) is 4.03. The Hall–Kier alpha value is -1.35. The van der Waals surface area contributed by atoms with Crippen molar-refractivity contribution in [1.29, 1.82) is 0 Å². The highest BCUT2D eigenvalue weighted by Gasteiger charge is 2.06. The number of rotatable bonds is 3. The lowest BCUT2D eigenvalue weighted by Gasteiger charge is -2.07. The fourth-order valence-electron chi connectivity index (χ4n) is 1.74. The third kappa shape index (κ3) is 2.02. The summed E-state index contributed by atoms with van der Waals surface area (Å²) >= 11 is 0. The maximum Gasteiger partial charge on any atom is 0.139 e. The molecule has 0 amide bonds. The van der Waals surface area contributed by atoms with E-state index >= 15 is 0 Å². The molecule has 0 saturated heterocycles. The van der Waals surface area contributed by atoms with Crippen LogP contribution in [0, 0.1) is 5.82 Å². The summed E-state index contributed by atoms with van der Waals surface area (Å²) in [5.41, 5.74) is 8.13. The molecule has 2 N–H and O–H groups in total. The Balaban J connectivity index is 2.36. The van der Waals surface area contributed by atoms with Crippen LogP contribution in [0.2, 0.25) is 0 Å². The van der Waals surface area contributed by atoms with Crippen LogP contribution in [0.3, 0.4) is 0 Å². The maximum absolute atomic E-state index is 12.9. The Morgan fingerprint density at radius 3 is 2.93 bits per heavy atom. The van der Waals surface area contributed by atoms with Crippen LogP contribution in [0.25, 0.3) is 5.52 Å². The highest BCUT2D eigenvalue weighted by atomic mass is 19.1. The molecule has 0 radical (unpaired) electrons. The van der Waals surface area contributed by atoms with Crippen LogP contribution >= 0.6 is 0 Å². The van der Waals surface area contributed by atoms with Crippen molar-refractivity contribution < 1.29 is 4.39 Å². The van der Waals surface area contributed by atoms with Gasteiger partial charge in [-0.3, -0.25) is 0 Å². The molecule has 3 heteroatoms. The molecule has 2 rings (SSSR count). The number of hydrogen-bond donors (Lipinski definition) is 1. The van der Waals surface area contributed by atoms with E-state index in [1.807, 2.05) is 12.3 Å². The van der Waals surface area contributed by atoms with Crippen molar-refractivity contribution in [2.45, 2.75) is 25.8 Å². The van der Waals surface area contributed by atoms with Crippen LogP contribution < -0.4 is 5.73 Å². The lowest BCUT2D eigenvalue weighted by molar-refractivity contribution is 0.619. The molecule has 0 fully saturated rings. The van der Waals surface area contributed by atoms with Crippen LogP contribution in [-0.2, 0) is 6.42 Å². The van der Waals surface area contributed by atoms with Crippen molar-refractivity contribution in [3.63, 3.8) is 0 Å². The SMILES string of the molecule is CCC(N)Cc1ccn2cc(F)ccc12. The third-order valence-electron chi connectivity index (χ3n) is 2.71. The number of nitrogens with zero attached hydrogens (tertiary/aromatic N) is 1. The molecular weight excluding hydrogens is 191 g/mol. The molecule has 2 nitrogen and oxygen atoms in total. The molecule has 2 aromatic heterocycles. The second-order valence-corrected chi connectivity index (χ2v) is 3.85. The van der Waals surface area contributed by atoms with Gasteiger partial charge in [0.15, 0.2) is 0 Å². The molecule has 0 aliphatic carbocycles. The lowest BCUT2D eigenvalue weighted by atomic mass is 10.1. The predicted molar refractivity (Wildman–Crippen MR) is 59.3 cm³/mol. The second-order valence-electron chi connectivity index (χ2n) is 3.85. The molecule has 1 unspecified atom stereocenters. The van der Waals surface area contributed by atoms with Crippen LogP contribution in [0.4, 0.5) is 4.39 Å². The van der Waals surface area contributed by atoms with Gasteiger partial charge in [-0.25, -0.2) is 4.39 Å². The lowest BCUT2D eigenvalue weighted by Crippen LogP contribution is -2.21. The summed E-state index contributed by atoms with van der Waals surface area (Å²) in [5, 5.41) is 0. The van der Waals surface area contributed by atoms with Crippen molar-refractivity contribution in [1.82, 2.24) is 4.40 Å². The minimum atomic E-state index is -0.218. The Kier molecular flexibility index (Phi) is 2.73. The molecule has 0 saturated carbocycles. The Labute approximate surface area is 88.5 Å². The number of hydrogen-bond acceptors (Lipinski definition) is 1. The largest absolute Gasteiger partial charge is 0.327 e. The van der Waals surface area contributed by atoms with Crippen molar-refractivity contribution in [2.75, 3.05) is 0 Å². The van der Waals surface area contributed by atoms with Gasteiger partial charge in [-0.1, -0.05) is 6.92 Å².